The zero-order valence-electron chi connectivity index (χ0n) is 34.1. The Morgan fingerprint density at radius 3 is 1.24 bits per heavy atom. The van der Waals surface area contributed by atoms with Crippen LogP contribution in [-0.2, 0) is 22.7 Å². The van der Waals surface area contributed by atoms with Crippen LogP contribution in [-0.4, -0.2) is 95.1 Å². The summed E-state index contributed by atoms with van der Waals surface area (Å²) < 4.78 is 57.8. The Morgan fingerprint density at radius 1 is 0.517 bits per heavy atom. The van der Waals surface area contributed by atoms with Crippen molar-refractivity contribution in [3.63, 3.8) is 0 Å². The van der Waals surface area contributed by atoms with E-state index in [0.29, 0.717) is 63.2 Å². The molecule has 0 bridgehead atoms. The van der Waals surface area contributed by atoms with Crippen molar-refractivity contribution in [2.45, 2.75) is 103 Å². The molecule has 0 aromatic heterocycles. The predicted octanol–water partition coefficient (Wildman–Crippen LogP) is 8.74. The molecule has 4 heterocycles. The maximum atomic E-state index is 15.0. The molecule has 4 aliphatic rings. The molecule has 0 N–H and O–H groups in total. The maximum Gasteiger partial charge on any atom is 0.240 e. The summed E-state index contributed by atoms with van der Waals surface area (Å²) in [4.78, 5) is 33.6. The lowest BCUT2D eigenvalue weighted by Crippen LogP contribution is -2.49. The number of rotatable bonds is 8. The van der Waals surface area contributed by atoms with Crippen LogP contribution in [0.3, 0.4) is 0 Å². The van der Waals surface area contributed by atoms with Crippen LogP contribution in [0.25, 0.3) is 0 Å². The van der Waals surface area contributed by atoms with Gasteiger partial charge in [-0.15, -0.1) is 0 Å². The van der Waals surface area contributed by atoms with Crippen LogP contribution in [0.2, 0.25) is 0 Å². The molecule has 0 radical (unpaired) electrons. The van der Waals surface area contributed by atoms with Crippen molar-refractivity contribution in [2.24, 2.45) is 0 Å². The number of nitrogens with zero attached hydrogens (tertiary/aromatic N) is 4. The quantitative estimate of drug-likeness (QED) is 0.168. The topological polar surface area (TPSA) is 47.1 Å². The van der Waals surface area contributed by atoms with Gasteiger partial charge in [-0.2, -0.15) is 0 Å². The second-order valence-electron chi connectivity index (χ2n) is 16.9. The molecular weight excluding hydrogens is 741 g/mol. The van der Waals surface area contributed by atoms with Gasteiger partial charge >= 0.3 is 0 Å². The minimum Gasteiger partial charge on any atom is -0.337 e. The molecule has 10 heteroatoms. The van der Waals surface area contributed by atoms with Crippen molar-refractivity contribution < 1.29 is 27.2 Å². The first-order valence-corrected chi connectivity index (χ1v) is 20.8. The summed E-state index contributed by atoms with van der Waals surface area (Å²) >= 11 is 0. The summed E-state index contributed by atoms with van der Waals surface area (Å²) in [7, 11) is 0. The van der Waals surface area contributed by atoms with Crippen molar-refractivity contribution in [3.05, 3.63) is 141 Å². The van der Waals surface area contributed by atoms with Gasteiger partial charge in [-0.1, -0.05) is 83.9 Å². The highest BCUT2D eigenvalue weighted by Crippen LogP contribution is 2.35. The number of piperidine rings is 2. The number of amides is 2. The third kappa shape index (κ3) is 9.50. The zero-order chi connectivity index (χ0) is 41.1. The van der Waals surface area contributed by atoms with Crippen LogP contribution in [0.5, 0.6) is 0 Å². The Kier molecular flexibility index (Phi) is 13.0. The van der Waals surface area contributed by atoms with Gasteiger partial charge in [0.05, 0.1) is 12.1 Å². The average Bonchev–Trinajstić information content (AvgIpc) is 3.76. The summed E-state index contributed by atoms with van der Waals surface area (Å²) in [5.41, 5.74) is 7.23. The van der Waals surface area contributed by atoms with Crippen LogP contribution >= 0.6 is 0 Å². The Hall–Kier alpha value is -4.54. The van der Waals surface area contributed by atoms with Crippen LogP contribution in [0.15, 0.2) is 84.9 Å². The van der Waals surface area contributed by atoms with Gasteiger partial charge in [0.1, 0.15) is 24.0 Å². The van der Waals surface area contributed by atoms with E-state index in [9.17, 15) is 27.2 Å². The average molecular weight is 797 g/mol. The van der Waals surface area contributed by atoms with Gasteiger partial charge in [-0.25, -0.2) is 17.6 Å². The molecule has 0 spiro atoms. The molecule has 4 fully saturated rings. The smallest absolute Gasteiger partial charge is 0.240 e. The number of hydrogen-bond acceptors (Lipinski definition) is 4. The van der Waals surface area contributed by atoms with Gasteiger partial charge in [-0.3, -0.25) is 19.4 Å². The highest BCUT2D eigenvalue weighted by atomic mass is 19.1. The van der Waals surface area contributed by atoms with E-state index in [0.717, 1.165) is 35.1 Å². The van der Waals surface area contributed by atoms with Crippen LogP contribution in [0.4, 0.5) is 17.6 Å². The van der Waals surface area contributed by atoms with Gasteiger partial charge in [-0.05, 0) is 112 Å². The monoisotopic (exact) mass is 796 g/mol. The minimum atomic E-state index is -1.09. The molecule has 58 heavy (non-hydrogen) atoms. The van der Waals surface area contributed by atoms with E-state index in [4.69, 9.17) is 0 Å². The van der Waals surface area contributed by atoms with E-state index in [1.54, 1.807) is 26.0 Å². The van der Waals surface area contributed by atoms with Crippen LogP contribution in [0.1, 0.15) is 82.0 Å². The van der Waals surface area contributed by atoms with Crippen molar-refractivity contribution in [1.29, 1.82) is 0 Å². The van der Waals surface area contributed by atoms with Gasteiger partial charge in [0, 0.05) is 51.1 Å². The minimum absolute atomic E-state index is 0.0950. The molecule has 6 nitrogen and oxygen atoms in total. The normalized spacial score (nSPS) is 25.6. The van der Waals surface area contributed by atoms with E-state index in [1.807, 2.05) is 45.6 Å². The van der Waals surface area contributed by atoms with E-state index in [1.165, 1.54) is 23.3 Å². The molecule has 0 unspecified atom stereocenters. The molecule has 0 saturated carbocycles. The maximum absolute atomic E-state index is 15.0. The number of carbonyl (C=O) groups excluding carboxylic acids is 2. The summed E-state index contributed by atoms with van der Waals surface area (Å²) in [6.45, 7) is 11.9. The third-order valence-electron chi connectivity index (χ3n) is 12.8. The number of carbonyl (C=O) groups is 2. The molecule has 6 atom stereocenters. The summed E-state index contributed by atoms with van der Waals surface area (Å²) in [6.07, 6.45) is 0.494. The molecule has 4 saturated heterocycles. The van der Waals surface area contributed by atoms with E-state index < -0.39 is 12.3 Å². The largest absolute Gasteiger partial charge is 0.337 e. The first-order chi connectivity index (χ1) is 27.8. The fourth-order valence-corrected chi connectivity index (χ4v) is 9.12. The Morgan fingerprint density at radius 2 is 0.897 bits per heavy atom. The highest BCUT2D eigenvalue weighted by Gasteiger charge is 2.42. The fourth-order valence-electron chi connectivity index (χ4n) is 9.12. The molecule has 2 amide bonds. The Bertz CT molecular complexity index is 1910. The van der Waals surface area contributed by atoms with Gasteiger partial charge in [0.15, 0.2) is 0 Å². The number of benzene rings is 4. The molecule has 0 aliphatic carbocycles. The van der Waals surface area contributed by atoms with Gasteiger partial charge < -0.3 is 9.80 Å². The molecule has 4 aromatic rings. The lowest BCUT2D eigenvalue weighted by atomic mass is 9.87. The number of likely N-dealkylation sites (tertiary alicyclic amines) is 4. The van der Waals surface area contributed by atoms with Gasteiger partial charge in [0.2, 0.25) is 11.8 Å². The van der Waals surface area contributed by atoms with E-state index in [2.05, 4.69) is 48.5 Å². The van der Waals surface area contributed by atoms with Crippen molar-refractivity contribution in [2.75, 3.05) is 39.3 Å². The number of alkyl halides is 2. The lowest BCUT2D eigenvalue weighted by Gasteiger charge is -2.37. The molecule has 8 rings (SSSR count). The van der Waals surface area contributed by atoms with Crippen molar-refractivity contribution >= 4 is 11.8 Å². The van der Waals surface area contributed by atoms with Crippen LogP contribution in [0, 0.1) is 39.3 Å². The summed E-state index contributed by atoms with van der Waals surface area (Å²) in [5, 5.41) is 0. The number of halogens is 4. The zero-order valence-corrected chi connectivity index (χ0v) is 34.1. The highest BCUT2D eigenvalue weighted by molar-refractivity contribution is 5.84. The van der Waals surface area contributed by atoms with E-state index in [-0.39, 0.29) is 60.5 Å². The first-order valence-electron chi connectivity index (χ1n) is 20.8. The standard InChI is InChI=1S/2C24H28F2N2O/c2*1-16-3-6-18(7-4-16)14-28-12-10-23(24(28)29)27-11-9-20(22(26)15-27)19-8-5-17(2)21(25)13-19/h2*3-8,13,20,22-23H,9-12,14-15H2,1-2H3/t20-,22+,23+;20-,22+,23-/m00/s1. The predicted molar refractivity (Wildman–Crippen MR) is 220 cm³/mol. The van der Waals surface area contributed by atoms with Crippen LogP contribution < -0.4 is 0 Å². The second kappa shape index (κ2) is 18.2. The molecule has 308 valence electrons. The Labute approximate surface area is 340 Å². The number of hydrogen-bond donors (Lipinski definition) is 0. The summed E-state index contributed by atoms with van der Waals surface area (Å²) in [5.74, 6) is -0.983. The summed E-state index contributed by atoms with van der Waals surface area (Å²) in [6, 6.07) is 26.0. The first kappa shape index (κ1) is 41.6. The Balaban J connectivity index is 0.000000177. The second-order valence-corrected chi connectivity index (χ2v) is 16.9. The van der Waals surface area contributed by atoms with Crippen molar-refractivity contribution in [1.82, 2.24) is 19.6 Å². The van der Waals surface area contributed by atoms with Crippen molar-refractivity contribution in [3.8, 4) is 0 Å². The molecular formula is C48H56F4N4O2. The number of aryl methyl sites for hydroxylation is 4. The lowest BCUT2D eigenvalue weighted by molar-refractivity contribution is -0.134. The third-order valence-corrected chi connectivity index (χ3v) is 12.8. The molecule has 4 aromatic carbocycles. The fraction of sp³-hybridized carbons (Fsp3) is 0.458. The van der Waals surface area contributed by atoms with Gasteiger partial charge in [0.25, 0.3) is 0 Å². The van der Waals surface area contributed by atoms with E-state index >= 15 is 0 Å². The SMILES string of the molecule is Cc1ccc(CN2CC[C@@H](N3CC[C@@H](c4ccc(C)c(F)c4)[C@H](F)C3)C2=O)cc1.Cc1ccc(CN2CC[C@H](N3CC[C@@H](c4ccc(C)c(F)c4)[C@H](F)C3)C2=O)cc1. The molecule has 4 aliphatic heterocycles.